The summed E-state index contributed by atoms with van der Waals surface area (Å²) in [5.74, 6) is 0.0881. The maximum atomic E-state index is 11.1. The van der Waals surface area contributed by atoms with Gasteiger partial charge in [-0.05, 0) is 25.5 Å². The number of hydrogen-bond acceptors (Lipinski definition) is 2. The molecule has 1 unspecified atom stereocenters. The summed E-state index contributed by atoms with van der Waals surface area (Å²) in [5.41, 5.74) is 1.77. The summed E-state index contributed by atoms with van der Waals surface area (Å²) < 4.78 is 5.16. The Morgan fingerprint density at radius 2 is 2.15 bits per heavy atom. The van der Waals surface area contributed by atoms with Crippen LogP contribution in [0.1, 0.15) is 35.9 Å². The molecule has 0 aliphatic carbocycles. The summed E-state index contributed by atoms with van der Waals surface area (Å²) in [6.45, 7) is 3.52. The Bertz CT molecular complexity index is 305. The van der Waals surface area contributed by atoms with Crippen molar-refractivity contribution in [2.45, 2.75) is 20.0 Å². The van der Waals surface area contributed by atoms with Gasteiger partial charge in [0.15, 0.2) is 5.78 Å². The number of ether oxygens (including phenoxy) is 1. The van der Waals surface area contributed by atoms with Crippen LogP contribution in [0.15, 0.2) is 24.3 Å². The molecule has 0 fully saturated rings. The molecule has 0 aliphatic heterocycles. The van der Waals surface area contributed by atoms with Crippen molar-refractivity contribution in [1.29, 1.82) is 0 Å². The average molecular weight is 178 g/mol. The van der Waals surface area contributed by atoms with Crippen LogP contribution in [0.3, 0.4) is 0 Å². The van der Waals surface area contributed by atoms with Crippen molar-refractivity contribution in [3.8, 4) is 0 Å². The van der Waals surface area contributed by atoms with Crippen LogP contribution in [0, 0.1) is 0 Å². The summed E-state index contributed by atoms with van der Waals surface area (Å²) in [5, 5.41) is 0. The molecule has 1 rings (SSSR count). The van der Waals surface area contributed by atoms with Gasteiger partial charge in [0, 0.05) is 12.7 Å². The number of methoxy groups -OCH3 is 1. The van der Waals surface area contributed by atoms with Gasteiger partial charge in [-0.25, -0.2) is 0 Å². The lowest BCUT2D eigenvalue weighted by Crippen LogP contribution is -1.98. The highest BCUT2D eigenvalue weighted by atomic mass is 16.5. The van der Waals surface area contributed by atoms with E-state index in [2.05, 4.69) is 0 Å². The number of hydrogen-bond donors (Lipinski definition) is 0. The van der Waals surface area contributed by atoms with Gasteiger partial charge >= 0.3 is 0 Å². The van der Waals surface area contributed by atoms with Crippen LogP contribution in [0.2, 0.25) is 0 Å². The van der Waals surface area contributed by atoms with Gasteiger partial charge in [0.25, 0.3) is 0 Å². The zero-order valence-corrected chi connectivity index (χ0v) is 8.20. The Kier molecular flexibility index (Phi) is 3.20. The average Bonchev–Trinajstić information content (AvgIpc) is 2.17. The third-order valence-electron chi connectivity index (χ3n) is 2.12. The Morgan fingerprint density at radius 3 is 2.69 bits per heavy atom. The highest BCUT2D eigenvalue weighted by molar-refractivity contribution is 5.94. The molecule has 0 saturated carbocycles. The van der Waals surface area contributed by atoms with E-state index in [0.717, 1.165) is 11.1 Å². The van der Waals surface area contributed by atoms with E-state index in [9.17, 15) is 4.79 Å². The maximum Gasteiger partial charge on any atom is 0.159 e. The molecule has 2 heteroatoms. The highest BCUT2D eigenvalue weighted by Crippen LogP contribution is 2.16. The summed E-state index contributed by atoms with van der Waals surface area (Å²) >= 11 is 0. The first kappa shape index (κ1) is 9.93. The van der Waals surface area contributed by atoms with Gasteiger partial charge in [0.2, 0.25) is 0 Å². The fraction of sp³-hybridized carbons (Fsp3) is 0.364. The van der Waals surface area contributed by atoms with Crippen LogP contribution < -0.4 is 0 Å². The first-order valence-corrected chi connectivity index (χ1v) is 4.29. The van der Waals surface area contributed by atoms with Crippen molar-refractivity contribution < 1.29 is 9.53 Å². The van der Waals surface area contributed by atoms with Crippen LogP contribution >= 0.6 is 0 Å². The van der Waals surface area contributed by atoms with E-state index in [1.165, 1.54) is 0 Å². The molecule has 0 N–H and O–H groups in total. The SMILES string of the molecule is COC(C)c1cccc(C(C)=O)c1. The van der Waals surface area contributed by atoms with Crippen LogP contribution in [-0.2, 0) is 4.74 Å². The van der Waals surface area contributed by atoms with Crippen molar-refractivity contribution >= 4 is 5.78 Å². The van der Waals surface area contributed by atoms with Crippen LogP contribution in [0.25, 0.3) is 0 Å². The molecule has 0 bridgehead atoms. The van der Waals surface area contributed by atoms with Crippen LogP contribution in [-0.4, -0.2) is 12.9 Å². The molecule has 2 nitrogen and oxygen atoms in total. The molecule has 70 valence electrons. The monoisotopic (exact) mass is 178 g/mol. The minimum absolute atomic E-state index is 0.0410. The molecule has 0 aliphatic rings. The van der Waals surface area contributed by atoms with Gasteiger partial charge < -0.3 is 4.74 Å². The fourth-order valence-electron chi connectivity index (χ4n) is 1.15. The van der Waals surface area contributed by atoms with E-state index >= 15 is 0 Å². The minimum atomic E-state index is 0.0410. The lowest BCUT2D eigenvalue weighted by molar-refractivity contribution is 0.101. The van der Waals surface area contributed by atoms with Gasteiger partial charge in [-0.1, -0.05) is 18.2 Å². The number of ketones is 1. The zero-order chi connectivity index (χ0) is 9.84. The van der Waals surface area contributed by atoms with E-state index < -0.39 is 0 Å². The van der Waals surface area contributed by atoms with Gasteiger partial charge in [-0.2, -0.15) is 0 Å². The van der Waals surface area contributed by atoms with E-state index in [1.54, 1.807) is 14.0 Å². The summed E-state index contributed by atoms with van der Waals surface area (Å²) in [7, 11) is 1.66. The second kappa shape index (κ2) is 4.19. The Labute approximate surface area is 78.5 Å². The van der Waals surface area contributed by atoms with Crippen molar-refractivity contribution in [1.82, 2.24) is 0 Å². The number of Topliss-reactive ketones (excluding diaryl/α,β-unsaturated/α-hetero) is 1. The topological polar surface area (TPSA) is 26.3 Å². The molecule has 1 atom stereocenters. The first-order chi connectivity index (χ1) is 6.15. The van der Waals surface area contributed by atoms with Gasteiger partial charge in [0.1, 0.15) is 0 Å². The molecular weight excluding hydrogens is 164 g/mol. The predicted molar refractivity (Wildman–Crippen MR) is 51.9 cm³/mol. The Hall–Kier alpha value is -1.15. The Balaban J connectivity index is 2.98. The highest BCUT2D eigenvalue weighted by Gasteiger charge is 2.05. The van der Waals surface area contributed by atoms with Crippen molar-refractivity contribution in [2.24, 2.45) is 0 Å². The predicted octanol–water partition coefficient (Wildman–Crippen LogP) is 2.60. The normalized spacial score (nSPS) is 12.5. The molecule has 0 spiro atoms. The molecule has 0 heterocycles. The zero-order valence-electron chi connectivity index (χ0n) is 8.20. The second-order valence-corrected chi connectivity index (χ2v) is 3.06. The lowest BCUT2D eigenvalue weighted by Gasteiger charge is -2.09. The van der Waals surface area contributed by atoms with E-state index in [0.29, 0.717) is 0 Å². The molecule has 1 aromatic rings. The van der Waals surface area contributed by atoms with Crippen molar-refractivity contribution in [2.75, 3.05) is 7.11 Å². The van der Waals surface area contributed by atoms with Crippen LogP contribution in [0.4, 0.5) is 0 Å². The molecule has 1 aromatic carbocycles. The minimum Gasteiger partial charge on any atom is -0.377 e. The molecule has 0 aromatic heterocycles. The van der Waals surface area contributed by atoms with Crippen molar-refractivity contribution in [3.05, 3.63) is 35.4 Å². The molecule has 0 amide bonds. The summed E-state index contributed by atoms with van der Waals surface area (Å²) in [6.07, 6.45) is 0.0410. The quantitative estimate of drug-likeness (QED) is 0.665. The van der Waals surface area contributed by atoms with Gasteiger partial charge in [-0.15, -0.1) is 0 Å². The first-order valence-electron chi connectivity index (χ1n) is 4.29. The number of carbonyl (C=O) groups is 1. The molecular formula is C11H14O2. The molecule has 13 heavy (non-hydrogen) atoms. The number of carbonyl (C=O) groups excluding carboxylic acids is 1. The summed E-state index contributed by atoms with van der Waals surface area (Å²) in [6, 6.07) is 7.52. The van der Waals surface area contributed by atoms with Gasteiger partial charge in [0.05, 0.1) is 6.10 Å². The molecule has 0 saturated heterocycles. The van der Waals surface area contributed by atoms with Crippen molar-refractivity contribution in [3.63, 3.8) is 0 Å². The smallest absolute Gasteiger partial charge is 0.159 e. The third kappa shape index (κ3) is 2.39. The van der Waals surface area contributed by atoms with Gasteiger partial charge in [-0.3, -0.25) is 4.79 Å². The summed E-state index contributed by atoms with van der Waals surface area (Å²) in [4.78, 5) is 11.1. The van der Waals surface area contributed by atoms with E-state index in [-0.39, 0.29) is 11.9 Å². The van der Waals surface area contributed by atoms with Crippen LogP contribution in [0.5, 0.6) is 0 Å². The maximum absolute atomic E-state index is 11.1. The fourth-order valence-corrected chi connectivity index (χ4v) is 1.15. The second-order valence-electron chi connectivity index (χ2n) is 3.06. The standard InChI is InChI=1S/C11H14O2/c1-8(12)10-5-4-6-11(7-10)9(2)13-3/h4-7,9H,1-3H3. The Morgan fingerprint density at radius 1 is 1.46 bits per heavy atom. The third-order valence-corrected chi connectivity index (χ3v) is 2.12. The lowest BCUT2D eigenvalue weighted by atomic mass is 10.1. The van der Waals surface area contributed by atoms with E-state index in [4.69, 9.17) is 4.74 Å². The molecule has 0 radical (unpaired) electrons. The largest absolute Gasteiger partial charge is 0.377 e. The van der Waals surface area contributed by atoms with E-state index in [1.807, 2.05) is 31.2 Å². The number of benzene rings is 1. The number of rotatable bonds is 3.